The summed E-state index contributed by atoms with van der Waals surface area (Å²) in [6.07, 6.45) is 2.32. The molecule has 1 aromatic carbocycles. The van der Waals surface area contributed by atoms with E-state index in [1.165, 1.54) is 0 Å². The lowest BCUT2D eigenvalue weighted by molar-refractivity contribution is 0.199. The van der Waals surface area contributed by atoms with Gasteiger partial charge in [0.1, 0.15) is 11.5 Å². The van der Waals surface area contributed by atoms with Gasteiger partial charge in [-0.05, 0) is 18.9 Å². The van der Waals surface area contributed by atoms with Crippen molar-refractivity contribution in [1.82, 2.24) is 5.32 Å². The molecule has 21 heavy (non-hydrogen) atoms. The fourth-order valence-corrected chi connectivity index (χ4v) is 1.83. The molecule has 0 saturated carbocycles. The van der Waals surface area contributed by atoms with Gasteiger partial charge in [0.05, 0.1) is 26.4 Å². The summed E-state index contributed by atoms with van der Waals surface area (Å²) in [5.41, 5.74) is 1.09. The van der Waals surface area contributed by atoms with E-state index in [2.05, 4.69) is 11.4 Å². The van der Waals surface area contributed by atoms with Crippen LogP contribution in [0.25, 0.3) is 0 Å². The second-order valence-corrected chi connectivity index (χ2v) is 4.61. The van der Waals surface area contributed by atoms with Crippen LogP contribution in [0, 0.1) is 11.3 Å². The Balaban J connectivity index is 2.53. The van der Waals surface area contributed by atoms with Gasteiger partial charge in [-0.3, -0.25) is 0 Å². The molecule has 1 rings (SSSR count). The Morgan fingerprint density at radius 1 is 1.19 bits per heavy atom. The molecule has 0 radical (unpaired) electrons. The summed E-state index contributed by atoms with van der Waals surface area (Å²) in [6.45, 7) is 2.81. The second kappa shape index (κ2) is 11.0. The number of hydrogen-bond acceptors (Lipinski definition) is 5. The highest BCUT2D eigenvalue weighted by atomic mass is 16.5. The maximum absolute atomic E-state index is 8.51. The molecule has 1 aromatic rings. The van der Waals surface area contributed by atoms with Gasteiger partial charge in [0.2, 0.25) is 0 Å². The maximum Gasteiger partial charge on any atom is 0.127 e. The minimum absolute atomic E-state index is 0.576. The lowest BCUT2D eigenvalue weighted by Gasteiger charge is -2.13. The lowest BCUT2D eigenvalue weighted by atomic mass is 10.2. The van der Waals surface area contributed by atoms with Crippen LogP contribution >= 0.6 is 0 Å². The van der Waals surface area contributed by atoms with Gasteiger partial charge in [0.15, 0.2) is 0 Å². The zero-order valence-electron chi connectivity index (χ0n) is 12.9. The average molecular weight is 292 g/mol. The summed E-state index contributed by atoms with van der Waals surface area (Å²) < 4.78 is 16.1. The highest BCUT2D eigenvalue weighted by Gasteiger charge is 2.06. The van der Waals surface area contributed by atoms with E-state index in [0.717, 1.165) is 43.0 Å². The van der Waals surface area contributed by atoms with Crippen molar-refractivity contribution in [3.63, 3.8) is 0 Å². The summed E-state index contributed by atoms with van der Waals surface area (Å²) in [5.74, 6) is 1.61. The SMILES string of the molecule is COCCNCc1ccc(OC)cc1OCCCCC#N. The van der Waals surface area contributed by atoms with Gasteiger partial charge in [-0.15, -0.1) is 0 Å². The Bertz CT molecular complexity index is 444. The molecule has 0 heterocycles. The van der Waals surface area contributed by atoms with Crippen LogP contribution in [-0.2, 0) is 11.3 Å². The van der Waals surface area contributed by atoms with Crippen molar-refractivity contribution in [2.45, 2.75) is 25.8 Å². The van der Waals surface area contributed by atoms with Crippen molar-refractivity contribution in [3.8, 4) is 17.6 Å². The van der Waals surface area contributed by atoms with E-state index < -0.39 is 0 Å². The van der Waals surface area contributed by atoms with Crippen molar-refractivity contribution in [2.24, 2.45) is 0 Å². The van der Waals surface area contributed by atoms with Crippen molar-refractivity contribution >= 4 is 0 Å². The van der Waals surface area contributed by atoms with Gasteiger partial charge >= 0.3 is 0 Å². The van der Waals surface area contributed by atoms with Crippen LogP contribution in [0.4, 0.5) is 0 Å². The van der Waals surface area contributed by atoms with Crippen molar-refractivity contribution in [3.05, 3.63) is 23.8 Å². The Morgan fingerprint density at radius 2 is 2.05 bits per heavy atom. The summed E-state index contributed by atoms with van der Waals surface area (Å²) >= 11 is 0. The van der Waals surface area contributed by atoms with Crippen LogP contribution in [0.2, 0.25) is 0 Å². The largest absolute Gasteiger partial charge is 0.497 e. The van der Waals surface area contributed by atoms with E-state index in [4.69, 9.17) is 19.5 Å². The first kappa shape index (κ1) is 17.3. The monoisotopic (exact) mass is 292 g/mol. The number of benzene rings is 1. The third-order valence-electron chi connectivity index (χ3n) is 3.01. The topological polar surface area (TPSA) is 63.5 Å². The molecule has 0 aliphatic heterocycles. The zero-order valence-corrected chi connectivity index (χ0v) is 12.9. The molecule has 1 N–H and O–H groups in total. The molecule has 0 atom stereocenters. The van der Waals surface area contributed by atoms with E-state index >= 15 is 0 Å². The number of unbranched alkanes of at least 4 members (excludes halogenated alkanes) is 2. The average Bonchev–Trinajstić information content (AvgIpc) is 2.52. The van der Waals surface area contributed by atoms with Gasteiger partial charge in [0.25, 0.3) is 0 Å². The van der Waals surface area contributed by atoms with E-state index in [1.54, 1.807) is 14.2 Å². The van der Waals surface area contributed by atoms with Crippen LogP contribution < -0.4 is 14.8 Å². The highest BCUT2D eigenvalue weighted by molar-refractivity contribution is 5.40. The van der Waals surface area contributed by atoms with Crippen LogP contribution in [0.15, 0.2) is 18.2 Å². The fraction of sp³-hybridized carbons (Fsp3) is 0.562. The summed E-state index contributed by atoms with van der Waals surface area (Å²) in [4.78, 5) is 0. The molecule has 5 nitrogen and oxygen atoms in total. The number of ether oxygens (including phenoxy) is 3. The van der Waals surface area contributed by atoms with E-state index in [1.807, 2.05) is 18.2 Å². The number of nitrogens with one attached hydrogen (secondary N) is 1. The molecule has 0 spiro atoms. The van der Waals surface area contributed by atoms with Gasteiger partial charge < -0.3 is 19.5 Å². The first-order valence-corrected chi connectivity index (χ1v) is 7.18. The van der Waals surface area contributed by atoms with Crippen LogP contribution in [0.5, 0.6) is 11.5 Å². The number of nitrogens with zero attached hydrogens (tertiary/aromatic N) is 1. The normalized spacial score (nSPS) is 10.1. The Labute approximate surface area is 126 Å². The molecule has 5 heteroatoms. The Morgan fingerprint density at radius 3 is 2.76 bits per heavy atom. The Hall–Kier alpha value is -1.77. The smallest absolute Gasteiger partial charge is 0.127 e. The molecule has 0 bridgehead atoms. The van der Waals surface area contributed by atoms with Crippen LogP contribution in [0.3, 0.4) is 0 Å². The third-order valence-corrected chi connectivity index (χ3v) is 3.01. The molecule has 116 valence electrons. The number of hydrogen-bond donors (Lipinski definition) is 1. The first-order valence-electron chi connectivity index (χ1n) is 7.18. The predicted molar refractivity (Wildman–Crippen MR) is 81.5 cm³/mol. The maximum atomic E-state index is 8.51. The Kier molecular flexibility index (Phi) is 9.01. The standard InChI is InChI=1S/C16H24N2O3/c1-19-11-9-18-13-14-6-7-15(20-2)12-16(14)21-10-5-3-4-8-17/h6-7,12,18H,3-5,9-11,13H2,1-2H3. The third kappa shape index (κ3) is 6.98. The van der Waals surface area contributed by atoms with Gasteiger partial charge in [-0.25, -0.2) is 0 Å². The number of methoxy groups -OCH3 is 2. The van der Waals surface area contributed by atoms with Gasteiger partial charge in [-0.1, -0.05) is 6.07 Å². The summed E-state index contributed by atoms with van der Waals surface area (Å²) in [5, 5.41) is 11.8. The number of rotatable bonds is 11. The van der Waals surface area contributed by atoms with Gasteiger partial charge in [-0.2, -0.15) is 5.26 Å². The van der Waals surface area contributed by atoms with E-state index in [9.17, 15) is 0 Å². The molecule has 0 aliphatic rings. The molecule has 0 fully saturated rings. The van der Waals surface area contributed by atoms with E-state index in [-0.39, 0.29) is 0 Å². The quantitative estimate of drug-likeness (QED) is 0.635. The molecule has 0 saturated heterocycles. The lowest BCUT2D eigenvalue weighted by Crippen LogP contribution is -2.19. The van der Waals surface area contributed by atoms with Gasteiger partial charge in [0, 0.05) is 38.2 Å². The van der Waals surface area contributed by atoms with Crippen molar-refractivity contribution in [2.75, 3.05) is 34.0 Å². The zero-order chi connectivity index (χ0) is 15.3. The second-order valence-electron chi connectivity index (χ2n) is 4.61. The van der Waals surface area contributed by atoms with Crippen LogP contribution in [-0.4, -0.2) is 34.0 Å². The molecule has 0 aliphatic carbocycles. The summed E-state index contributed by atoms with van der Waals surface area (Å²) in [7, 11) is 3.33. The fourth-order valence-electron chi connectivity index (χ4n) is 1.83. The molecule has 0 unspecified atom stereocenters. The minimum Gasteiger partial charge on any atom is -0.497 e. The molecular formula is C16H24N2O3. The van der Waals surface area contributed by atoms with Crippen LogP contribution in [0.1, 0.15) is 24.8 Å². The molecular weight excluding hydrogens is 268 g/mol. The first-order chi connectivity index (χ1) is 10.3. The van der Waals surface area contributed by atoms with Crippen molar-refractivity contribution in [1.29, 1.82) is 5.26 Å². The van der Waals surface area contributed by atoms with E-state index in [0.29, 0.717) is 19.6 Å². The molecule has 0 aromatic heterocycles. The highest BCUT2D eigenvalue weighted by Crippen LogP contribution is 2.25. The summed E-state index contributed by atoms with van der Waals surface area (Å²) in [6, 6.07) is 7.97. The van der Waals surface area contributed by atoms with Crippen molar-refractivity contribution < 1.29 is 14.2 Å². The minimum atomic E-state index is 0.576. The molecule has 0 amide bonds. The predicted octanol–water partition coefficient (Wildman–Crippen LogP) is 2.50. The number of nitriles is 1.